The molecule has 1 aliphatic rings. The Bertz CT molecular complexity index is 427. The van der Waals surface area contributed by atoms with Gasteiger partial charge in [0.25, 0.3) is 0 Å². The molecule has 4 nitrogen and oxygen atoms in total. The lowest BCUT2D eigenvalue weighted by atomic mass is 10.0. The van der Waals surface area contributed by atoms with Crippen molar-refractivity contribution in [3.8, 4) is 0 Å². The molecule has 2 unspecified atom stereocenters. The molecule has 0 aliphatic carbocycles. The van der Waals surface area contributed by atoms with Crippen molar-refractivity contribution in [3.05, 3.63) is 15.9 Å². The van der Waals surface area contributed by atoms with Crippen molar-refractivity contribution in [3.63, 3.8) is 0 Å². The molecule has 2 heterocycles. The topological polar surface area (TPSA) is 39.1 Å². The normalized spacial score (nSPS) is 20.5. The van der Waals surface area contributed by atoms with Crippen molar-refractivity contribution < 1.29 is 4.74 Å². The maximum atomic E-state index is 5.78. The summed E-state index contributed by atoms with van der Waals surface area (Å²) in [6, 6.07) is 0.458. The van der Waals surface area contributed by atoms with E-state index < -0.39 is 0 Å². The van der Waals surface area contributed by atoms with Crippen LogP contribution in [0, 0.1) is 0 Å². The van der Waals surface area contributed by atoms with Crippen LogP contribution in [0.4, 0.5) is 0 Å². The fourth-order valence-electron chi connectivity index (χ4n) is 2.95. The van der Waals surface area contributed by atoms with Crippen LogP contribution < -0.4 is 5.32 Å². The minimum Gasteiger partial charge on any atom is -0.378 e. The predicted octanol–water partition coefficient (Wildman–Crippen LogP) is 2.83. The molecule has 1 fully saturated rings. The molecule has 1 aromatic rings. The van der Waals surface area contributed by atoms with Gasteiger partial charge in [-0.15, -0.1) is 0 Å². The van der Waals surface area contributed by atoms with Crippen LogP contribution in [-0.4, -0.2) is 35.1 Å². The van der Waals surface area contributed by atoms with E-state index in [4.69, 9.17) is 4.74 Å². The quantitative estimate of drug-likeness (QED) is 0.827. The molecule has 0 saturated carbocycles. The average Bonchev–Trinajstić information content (AvgIpc) is 3.02. The molecule has 2 rings (SSSR count). The van der Waals surface area contributed by atoms with E-state index in [1.54, 1.807) is 0 Å². The van der Waals surface area contributed by atoms with E-state index in [9.17, 15) is 0 Å². The van der Waals surface area contributed by atoms with Gasteiger partial charge in [-0.2, -0.15) is 5.10 Å². The van der Waals surface area contributed by atoms with Crippen molar-refractivity contribution in [2.24, 2.45) is 7.05 Å². The minimum absolute atomic E-state index is 0.427. The number of hydrogen-bond donors (Lipinski definition) is 1. The molecular formula is C15H26BrN3O. The summed E-state index contributed by atoms with van der Waals surface area (Å²) in [5.74, 6) is 0. The lowest BCUT2D eigenvalue weighted by molar-refractivity contribution is 0.0945. The summed E-state index contributed by atoms with van der Waals surface area (Å²) >= 11 is 3.71. The van der Waals surface area contributed by atoms with Gasteiger partial charge in [0, 0.05) is 26.1 Å². The number of likely N-dealkylation sites (N-methyl/N-ethyl adjacent to an activating group) is 1. The third kappa shape index (κ3) is 3.83. The Kier molecular flexibility index (Phi) is 6.05. The van der Waals surface area contributed by atoms with Crippen LogP contribution in [-0.2, 0) is 24.6 Å². The highest BCUT2D eigenvalue weighted by Crippen LogP contribution is 2.25. The van der Waals surface area contributed by atoms with Crippen LogP contribution in [0.25, 0.3) is 0 Å². The molecule has 0 aromatic carbocycles. The number of aryl methyl sites for hydroxylation is 2. The number of nitrogens with zero attached hydrogens (tertiary/aromatic N) is 2. The number of halogens is 1. The second-order valence-corrected chi connectivity index (χ2v) is 6.31. The lowest BCUT2D eigenvalue weighted by Gasteiger charge is -2.21. The van der Waals surface area contributed by atoms with Gasteiger partial charge in [0.1, 0.15) is 0 Å². The lowest BCUT2D eigenvalue weighted by Crippen LogP contribution is -2.35. The number of nitrogens with one attached hydrogen (secondary N) is 1. The van der Waals surface area contributed by atoms with Gasteiger partial charge >= 0.3 is 0 Å². The Labute approximate surface area is 130 Å². The van der Waals surface area contributed by atoms with Gasteiger partial charge in [-0.25, -0.2) is 0 Å². The summed E-state index contributed by atoms with van der Waals surface area (Å²) in [5, 5.41) is 8.18. The van der Waals surface area contributed by atoms with Crippen LogP contribution in [0.2, 0.25) is 0 Å². The third-order valence-corrected chi connectivity index (χ3v) is 4.92. The summed E-state index contributed by atoms with van der Waals surface area (Å²) in [4.78, 5) is 0. The van der Waals surface area contributed by atoms with E-state index >= 15 is 0 Å². The standard InChI is InChI=1S/C15H26BrN3O/c1-4-13-15(16)14(19(3)18-13)10-11(17-5-2)9-12-7-6-8-20-12/h11-12,17H,4-10H2,1-3H3. The van der Waals surface area contributed by atoms with Gasteiger partial charge < -0.3 is 10.1 Å². The SMILES string of the molecule is CCNC(Cc1c(Br)c(CC)nn1C)CC1CCCO1. The molecule has 1 aliphatic heterocycles. The zero-order valence-corrected chi connectivity index (χ0v) is 14.4. The summed E-state index contributed by atoms with van der Waals surface area (Å²) < 4.78 is 8.98. The molecule has 1 saturated heterocycles. The van der Waals surface area contributed by atoms with Crippen LogP contribution in [0.5, 0.6) is 0 Å². The molecule has 0 spiro atoms. The van der Waals surface area contributed by atoms with E-state index in [-0.39, 0.29) is 0 Å². The number of hydrogen-bond acceptors (Lipinski definition) is 3. The number of aromatic nitrogens is 2. The van der Waals surface area contributed by atoms with Gasteiger partial charge in [-0.3, -0.25) is 4.68 Å². The Balaban J connectivity index is 2.04. The van der Waals surface area contributed by atoms with Gasteiger partial charge in [0.2, 0.25) is 0 Å². The van der Waals surface area contributed by atoms with Crippen molar-refractivity contribution >= 4 is 15.9 Å². The first-order valence-electron chi connectivity index (χ1n) is 7.70. The van der Waals surface area contributed by atoms with E-state index in [1.807, 2.05) is 11.7 Å². The molecule has 114 valence electrons. The Morgan fingerprint density at radius 1 is 1.50 bits per heavy atom. The summed E-state index contributed by atoms with van der Waals surface area (Å²) in [6.45, 7) is 6.23. The first-order valence-corrected chi connectivity index (χ1v) is 8.50. The fraction of sp³-hybridized carbons (Fsp3) is 0.800. The highest BCUT2D eigenvalue weighted by Gasteiger charge is 2.23. The van der Waals surface area contributed by atoms with Crippen molar-refractivity contribution in [1.82, 2.24) is 15.1 Å². The smallest absolute Gasteiger partial charge is 0.0766 e. The van der Waals surface area contributed by atoms with E-state index in [1.165, 1.54) is 23.0 Å². The zero-order valence-electron chi connectivity index (χ0n) is 12.8. The van der Waals surface area contributed by atoms with Crippen molar-refractivity contribution in [2.75, 3.05) is 13.2 Å². The second kappa shape index (κ2) is 7.57. The molecule has 0 radical (unpaired) electrons. The zero-order chi connectivity index (χ0) is 14.5. The average molecular weight is 344 g/mol. The Morgan fingerprint density at radius 3 is 2.85 bits per heavy atom. The molecule has 0 amide bonds. The summed E-state index contributed by atoms with van der Waals surface area (Å²) in [5.41, 5.74) is 2.43. The molecule has 0 bridgehead atoms. The minimum atomic E-state index is 0.427. The van der Waals surface area contributed by atoms with Crippen LogP contribution >= 0.6 is 15.9 Å². The summed E-state index contributed by atoms with van der Waals surface area (Å²) in [6.07, 6.45) is 5.89. The molecule has 5 heteroatoms. The van der Waals surface area contributed by atoms with Gasteiger partial charge in [0.05, 0.1) is 22.0 Å². The van der Waals surface area contributed by atoms with E-state index in [2.05, 4.69) is 40.2 Å². The largest absolute Gasteiger partial charge is 0.378 e. The highest BCUT2D eigenvalue weighted by molar-refractivity contribution is 9.10. The molecule has 1 aromatic heterocycles. The predicted molar refractivity (Wildman–Crippen MR) is 85.0 cm³/mol. The number of rotatable bonds is 7. The Morgan fingerprint density at radius 2 is 2.30 bits per heavy atom. The first-order chi connectivity index (χ1) is 9.65. The monoisotopic (exact) mass is 343 g/mol. The third-order valence-electron chi connectivity index (χ3n) is 4.01. The molecular weight excluding hydrogens is 318 g/mol. The second-order valence-electron chi connectivity index (χ2n) is 5.51. The van der Waals surface area contributed by atoms with Crippen molar-refractivity contribution in [1.29, 1.82) is 0 Å². The van der Waals surface area contributed by atoms with Gasteiger partial charge in [-0.05, 0) is 48.2 Å². The van der Waals surface area contributed by atoms with Crippen LogP contribution in [0.1, 0.15) is 44.5 Å². The molecule has 1 N–H and O–H groups in total. The summed E-state index contributed by atoms with van der Waals surface area (Å²) in [7, 11) is 2.04. The van der Waals surface area contributed by atoms with E-state index in [0.717, 1.165) is 38.1 Å². The van der Waals surface area contributed by atoms with E-state index in [0.29, 0.717) is 12.1 Å². The first kappa shape index (κ1) is 16.0. The van der Waals surface area contributed by atoms with Crippen LogP contribution in [0.15, 0.2) is 4.47 Å². The van der Waals surface area contributed by atoms with Crippen LogP contribution in [0.3, 0.4) is 0 Å². The number of ether oxygens (including phenoxy) is 1. The van der Waals surface area contributed by atoms with Gasteiger partial charge in [0.15, 0.2) is 0 Å². The van der Waals surface area contributed by atoms with Gasteiger partial charge in [-0.1, -0.05) is 13.8 Å². The maximum Gasteiger partial charge on any atom is 0.0766 e. The highest BCUT2D eigenvalue weighted by atomic mass is 79.9. The van der Waals surface area contributed by atoms with Crippen molar-refractivity contribution in [2.45, 2.75) is 58.1 Å². The maximum absolute atomic E-state index is 5.78. The molecule has 20 heavy (non-hydrogen) atoms. The Hall–Kier alpha value is -0.390. The molecule has 2 atom stereocenters. The fourth-order valence-corrected chi connectivity index (χ4v) is 3.73.